The van der Waals surface area contributed by atoms with E-state index in [0.29, 0.717) is 17.8 Å². The number of para-hydroxylation sites is 1. The zero-order valence-corrected chi connectivity index (χ0v) is 21.7. The molecule has 0 N–H and O–H groups in total. The predicted octanol–water partition coefficient (Wildman–Crippen LogP) is 8.32. The minimum Gasteiger partial charge on any atom is -0.261 e. The van der Waals surface area contributed by atoms with Gasteiger partial charge in [-0.1, -0.05) is 71.9 Å². The van der Waals surface area contributed by atoms with Crippen LogP contribution >= 0.6 is 0 Å². The van der Waals surface area contributed by atoms with Gasteiger partial charge in [0, 0.05) is 34.9 Å². The van der Waals surface area contributed by atoms with Gasteiger partial charge in [-0.25, -0.2) is 0 Å². The van der Waals surface area contributed by atoms with Gasteiger partial charge in [-0.2, -0.15) is 0 Å². The minimum atomic E-state index is 0.476. The molecule has 180 valence electrons. The second-order valence-corrected chi connectivity index (χ2v) is 9.43. The van der Waals surface area contributed by atoms with Gasteiger partial charge < -0.3 is 0 Å². The first-order valence-electron chi connectivity index (χ1n) is 12.3. The number of rotatable bonds is 3. The zero-order chi connectivity index (χ0) is 25.2. The smallest absolute Gasteiger partial charge is 0.0890 e. The van der Waals surface area contributed by atoms with Crippen molar-refractivity contribution in [3.8, 4) is 0 Å². The van der Waals surface area contributed by atoms with Gasteiger partial charge in [0.25, 0.3) is 0 Å². The highest BCUT2D eigenvalue weighted by Crippen LogP contribution is 2.17. The van der Waals surface area contributed by atoms with Crippen LogP contribution in [0.2, 0.25) is 0 Å². The van der Waals surface area contributed by atoms with Gasteiger partial charge in [0.2, 0.25) is 0 Å². The number of fused-ring (bicyclic) bond motifs is 2. The second kappa shape index (κ2) is 12.7. The summed E-state index contributed by atoms with van der Waals surface area (Å²) in [7, 11) is 0. The number of pyridine rings is 4. The van der Waals surface area contributed by atoms with E-state index in [9.17, 15) is 0 Å². The maximum absolute atomic E-state index is 4.57. The lowest BCUT2D eigenvalue weighted by Gasteiger charge is -2.04. The molecule has 0 bridgehead atoms. The van der Waals surface area contributed by atoms with E-state index in [0.717, 1.165) is 27.9 Å². The maximum atomic E-state index is 4.57. The van der Waals surface area contributed by atoms with Crippen molar-refractivity contribution in [2.24, 2.45) is 0 Å². The quantitative estimate of drug-likeness (QED) is 0.269. The molecule has 0 amide bonds. The Balaban J connectivity index is 0.000000150. The van der Waals surface area contributed by atoms with Crippen LogP contribution in [0.4, 0.5) is 0 Å². The molecular weight excluding hydrogens is 428 g/mol. The Morgan fingerprint density at radius 2 is 1.00 bits per heavy atom. The lowest BCUT2D eigenvalue weighted by Crippen LogP contribution is -1.92. The molecule has 0 radical (unpaired) electrons. The molecule has 4 nitrogen and oxygen atoms in total. The number of nitrogens with zero attached hydrogens (tertiary/aromatic N) is 4. The molecule has 4 aromatic heterocycles. The monoisotopic (exact) mass is 464 g/mol. The first kappa shape index (κ1) is 26.0. The summed E-state index contributed by atoms with van der Waals surface area (Å²) in [6.45, 7) is 12.9. The molecule has 5 aromatic rings. The first-order chi connectivity index (χ1) is 16.8. The minimum absolute atomic E-state index is 0.476. The summed E-state index contributed by atoms with van der Waals surface area (Å²) in [5, 5.41) is 1.21. The van der Waals surface area contributed by atoms with Crippen LogP contribution in [0.3, 0.4) is 0 Å². The van der Waals surface area contributed by atoms with E-state index >= 15 is 0 Å². The van der Waals surface area contributed by atoms with E-state index in [-0.39, 0.29) is 0 Å². The summed E-state index contributed by atoms with van der Waals surface area (Å²) >= 11 is 0. The molecule has 0 spiro atoms. The van der Waals surface area contributed by atoms with Gasteiger partial charge in [-0.15, -0.1) is 0 Å². The fourth-order valence-electron chi connectivity index (χ4n) is 3.42. The molecule has 0 aliphatic rings. The van der Waals surface area contributed by atoms with Gasteiger partial charge in [0.15, 0.2) is 0 Å². The van der Waals surface area contributed by atoms with Crippen molar-refractivity contribution in [1.29, 1.82) is 0 Å². The van der Waals surface area contributed by atoms with Crippen LogP contribution in [0, 0.1) is 0 Å². The van der Waals surface area contributed by atoms with Crippen molar-refractivity contribution in [3.63, 3.8) is 0 Å². The molecule has 0 aliphatic heterocycles. The number of aromatic nitrogens is 4. The van der Waals surface area contributed by atoms with E-state index < -0.39 is 0 Å². The summed E-state index contributed by atoms with van der Waals surface area (Å²) in [6, 6.07) is 26.4. The van der Waals surface area contributed by atoms with Gasteiger partial charge in [0.05, 0.1) is 16.6 Å². The summed E-state index contributed by atoms with van der Waals surface area (Å²) in [6.07, 6.45) is 3.62. The van der Waals surface area contributed by atoms with Crippen molar-refractivity contribution >= 4 is 21.9 Å². The molecule has 0 aliphatic carbocycles. The van der Waals surface area contributed by atoms with Gasteiger partial charge >= 0.3 is 0 Å². The topological polar surface area (TPSA) is 51.6 Å². The molecule has 0 atom stereocenters. The average Bonchev–Trinajstić information content (AvgIpc) is 2.89. The van der Waals surface area contributed by atoms with Crippen molar-refractivity contribution < 1.29 is 0 Å². The van der Waals surface area contributed by atoms with Crippen molar-refractivity contribution in [2.75, 3.05) is 0 Å². The third-order valence-corrected chi connectivity index (χ3v) is 5.56. The normalized spacial score (nSPS) is 10.8. The fourth-order valence-corrected chi connectivity index (χ4v) is 3.42. The largest absolute Gasteiger partial charge is 0.261 e. The molecular formula is C31H36N4. The SMILES string of the molecule is CC(C)c1ccc2ccccc2n1.CC(C)c1ccc2ncccc2n1.CC(C)c1ccccn1. The van der Waals surface area contributed by atoms with E-state index in [1.807, 2.05) is 60.8 Å². The zero-order valence-electron chi connectivity index (χ0n) is 21.7. The Bertz CT molecular complexity index is 1240. The lowest BCUT2D eigenvalue weighted by molar-refractivity contribution is 0.823. The summed E-state index contributed by atoms with van der Waals surface area (Å²) in [4.78, 5) is 17.5. The summed E-state index contributed by atoms with van der Waals surface area (Å²) < 4.78 is 0. The summed E-state index contributed by atoms with van der Waals surface area (Å²) in [5.74, 6) is 1.53. The van der Waals surface area contributed by atoms with Crippen LogP contribution in [0.5, 0.6) is 0 Å². The molecule has 4 heteroatoms. The fraction of sp³-hybridized carbons (Fsp3) is 0.290. The van der Waals surface area contributed by atoms with Gasteiger partial charge in [0.1, 0.15) is 0 Å². The Hall–Kier alpha value is -3.66. The predicted molar refractivity (Wildman–Crippen MR) is 148 cm³/mol. The van der Waals surface area contributed by atoms with Crippen molar-refractivity contribution in [2.45, 2.75) is 59.3 Å². The van der Waals surface area contributed by atoms with Crippen molar-refractivity contribution in [1.82, 2.24) is 19.9 Å². The van der Waals surface area contributed by atoms with Crippen LogP contribution in [-0.2, 0) is 0 Å². The number of benzene rings is 1. The van der Waals surface area contributed by atoms with Crippen LogP contribution in [0.15, 0.2) is 91.3 Å². The average molecular weight is 465 g/mol. The Kier molecular flexibility index (Phi) is 9.42. The summed E-state index contributed by atoms with van der Waals surface area (Å²) in [5.41, 5.74) is 6.49. The molecule has 4 heterocycles. The van der Waals surface area contributed by atoms with E-state index in [1.54, 1.807) is 6.20 Å². The highest BCUT2D eigenvalue weighted by atomic mass is 14.8. The van der Waals surface area contributed by atoms with Crippen LogP contribution in [0.1, 0.15) is 76.4 Å². The Morgan fingerprint density at radius 1 is 0.429 bits per heavy atom. The lowest BCUT2D eigenvalue weighted by atomic mass is 10.1. The van der Waals surface area contributed by atoms with Crippen LogP contribution < -0.4 is 0 Å². The Labute approximate surface area is 209 Å². The molecule has 1 aromatic carbocycles. The molecule has 0 unspecified atom stereocenters. The van der Waals surface area contributed by atoms with E-state index in [2.05, 4.69) is 85.7 Å². The Morgan fingerprint density at radius 3 is 1.63 bits per heavy atom. The first-order valence-corrected chi connectivity index (χ1v) is 12.3. The molecule has 0 fully saturated rings. The van der Waals surface area contributed by atoms with E-state index in [4.69, 9.17) is 0 Å². The highest BCUT2D eigenvalue weighted by Gasteiger charge is 2.02. The third-order valence-electron chi connectivity index (χ3n) is 5.56. The van der Waals surface area contributed by atoms with Gasteiger partial charge in [-0.05, 0) is 66.3 Å². The van der Waals surface area contributed by atoms with E-state index in [1.165, 1.54) is 11.1 Å². The van der Waals surface area contributed by atoms with Crippen LogP contribution in [-0.4, -0.2) is 19.9 Å². The molecule has 35 heavy (non-hydrogen) atoms. The number of hydrogen-bond acceptors (Lipinski definition) is 4. The van der Waals surface area contributed by atoms with Gasteiger partial charge in [-0.3, -0.25) is 19.9 Å². The standard InChI is InChI=1S/C12H13N.C11H12N2.C8H11N/c1-9(2)11-8-7-10-5-3-4-6-12(10)13-11;1-8(2)9-5-6-10-11(13-9)4-3-7-12-10;1-7(2)8-5-3-4-6-9-8/h3-9H,1-2H3;3-8H,1-2H3;3-7H,1-2H3. The van der Waals surface area contributed by atoms with Crippen LogP contribution in [0.25, 0.3) is 21.9 Å². The maximum Gasteiger partial charge on any atom is 0.0890 e. The second-order valence-electron chi connectivity index (χ2n) is 9.43. The molecule has 0 saturated heterocycles. The molecule has 0 saturated carbocycles. The third kappa shape index (κ3) is 7.68. The van der Waals surface area contributed by atoms with Crippen molar-refractivity contribution in [3.05, 3.63) is 108 Å². The number of hydrogen-bond donors (Lipinski definition) is 0. The highest BCUT2D eigenvalue weighted by molar-refractivity contribution is 5.78. The molecule has 5 rings (SSSR count).